The van der Waals surface area contributed by atoms with Crippen molar-refractivity contribution in [2.24, 2.45) is 0 Å². The number of carbonyl (C=O) groups excluding carboxylic acids is 2. The first-order chi connectivity index (χ1) is 18.3. The molecule has 0 bridgehead atoms. The molecule has 1 unspecified atom stereocenters. The molecule has 0 radical (unpaired) electrons. The summed E-state index contributed by atoms with van der Waals surface area (Å²) in [5.41, 5.74) is 1.48. The smallest absolute Gasteiger partial charge is 0.264 e. The number of nitrogens with zero attached hydrogens (tertiary/aromatic N) is 2. The fourth-order valence-electron chi connectivity index (χ4n) is 4.15. The van der Waals surface area contributed by atoms with Crippen LogP contribution in [0.25, 0.3) is 0 Å². The molecule has 0 aliphatic carbocycles. The second-order valence-electron chi connectivity index (χ2n) is 10.5. The third-order valence-corrected chi connectivity index (χ3v) is 8.09. The second kappa shape index (κ2) is 12.7. The average molecular weight is 570 g/mol. The molecule has 39 heavy (non-hydrogen) atoms. The van der Waals surface area contributed by atoms with Gasteiger partial charge in [-0.2, -0.15) is 0 Å². The molecule has 2 amide bonds. The first-order valence-corrected chi connectivity index (χ1v) is 14.6. The SMILES string of the molecule is CCC(C(=O)NC(C)(C)C)N(Cc1ccccc1)C(=O)CN(c1cccc(Cl)c1)S(=O)(=O)c1ccc(C)cc1. The number of anilines is 1. The summed E-state index contributed by atoms with van der Waals surface area (Å²) in [5.74, 6) is -0.810. The summed E-state index contributed by atoms with van der Waals surface area (Å²) in [6.45, 7) is 8.94. The van der Waals surface area contributed by atoms with Crippen molar-refractivity contribution in [2.45, 2.75) is 64.1 Å². The molecule has 7 nitrogen and oxygen atoms in total. The van der Waals surface area contributed by atoms with Crippen molar-refractivity contribution in [2.75, 3.05) is 10.8 Å². The Kier molecular flexibility index (Phi) is 9.80. The van der Waals surface area contributed by atoms with Gasteiger partial charge in [-0.1, -0.05) is 72.6 Å². The van der Waals surface area contributed by atoms with Crippen LogP contribution in [0.2, 0.25) is 5.02 Å². The van der Waals surface area contributed by atoms with E-state index in [0.29, 0.717) is 11.4 Å². The van der Waals surface area contributed by atoms with Gasteiger partial charge in [-0.3, -0.25) is 13.9 Å². The Hall–Kier alpha value is -3.36. The van der Waals surface area contributed by atoms with E-state index in [1.165, 1.54) is 23.1 Å². The summed E-state index contributed by atoms with van der Waals surface area (Å²) in [5, 5.41) is 3.30. The number of carbonyl (C=O) groups is 2. The van der Waals surface area contributed by atoms with Crippen LogP contribution in [0.15, 0.2) is 83.8 Å². The summed E-state index contributed by atoms with van der Waals surface area (Å²) >= 11 is 6.22. The number of hydrogen-bond acceptors (Lipinski definition) is 4. The first-order valence-electron chi connectivity index (χ1n) is 12.8. The zero-order valence-electron chi connectivity index (χ0n) is 23.0. The lowest BCUT2D eigenvalue weighted by atomic mass is 10.1. The van der Waals surface area contributed by atoms with Crippen LogP contribution in [0.3, 0.4) is 0 Å². The molecule has 208 valence electrons. The van der Waals surface area contributed by atoms with Gasteiger partial charge in [0.1, 0.15) is 12.6 Å². The standard InChI is InChI=1S/C30H36ClN3O4S/c1-6-27(29(36)32-30(3,4)5)33(20-23-11-8-7-9-12-23)28(35)21-34(25-14-10-13-24(31)19-25)39(37,38)26-17-15-22(2)16-18-26/h7-19,27H,6,20-21H2,1-5H3,(H,32,36). The van der Waals surface area contributed by atoms with Crippen LogP contribution < -0.4 is 9.62 Å². The maximum Gasteiger partial charge on any atom is 0.264 e. The van der Waals surface area contributed by atoms with Crippen molar-refractivity contribution < 1.29 is 18.0 Å². The largest absolute Gasteiger partial charge is 0.350 e. The van der Waals surface area contributed by atoms with Crippen LogP contribution in [-0.2, 0) is 26.2 Å². The normalized spacial score (nSPS) is 12.5. The molecule has 0 aliphatic rings. The quantitative estimate of drug-likeness (QED) is 0.346. The molecule has 0 aliphatic heterocycles. The molecule has 1 N–H and O–H groups in total. The highest BCUT2D eigenvalue weighted by Crippen LogP contribution is 2.27. The lowest BCUT2D eigenvalue weighted by molar-refractivity contribution is -0.141. The van der Waals surface area contributed by atoms with E-state index in [2.05, 4.69) is 5.32 Å². The molecule has 9 heteroatoms. The van der Waals surface area contributed by atoms with Gasteiger partial charge in [-0.15, -0.1) is 0 Å². The summed E-state index contributed by atoms with van der Waals surface area (Å²) < 4.78 is 28.8. The number of nitrogens with one attached hydrogen (secondary N) is 1. The predicted octanol–water partition coefficient (Wildman–Crippen LogP) is 5.57. The Labute approximate surface area is 236 Å². The highest BCUT2D eigenvalue weighted by atomic mass is 35.5. The van der Waals surface area contributed by atoms with E-state index in [1.807, 2.05) is 65.0 Å². The third-order valence-electron chi connectivity index (χ3n) is 6.06. The van der Waals surface area contributed by atoms with Gasteiger partial charge in [0.15, 0.2) is 0 Å². The van der Waals surface area contributed by atoms with E-state index >= 15 is 0 Å². The zero-order valence-corrected chi connectivity index (χ0v) is 24.6. The highest BCUT2D eigenvalue weighted by Gasteiger charge is 2.34. The van der Waals surface area contributed by atoms with Gasteiger partial charge in [-0.25, -0.2) is 8.42 Å². The number of benzene rings is 3. The molecule has 0 saturated heterocycles. The van der Waals surface area contributed by atoms with E-state index in [9.17, 15) is 18.0 Å². The molecule has 0 heterocycles. The maximum absolute atomic E-state index is 14.0. The summed E-state index contributed by atoms with van der Waals surface area (Å²) in [7, 11) is -4.14. The van der Waals surface area contributed by atoms with Crippen molar-refractivity contribution in [3.05, 3.63) is 95.0 Å². The number of sulfonamides is 1. The van der Waals surface area contributed by atoms with Crippen LogP contribution in [-0.4, -0.2) is 43.3 Å². The fraction of sp³-hybridized carbons (Fsp3) is 0.333. The van der Waals surface area contributed by atoms with Gasteiger partial charge in [0.05, 0.1) is 10.6 Å². The maximum atomic E-state index is 14.0. The number of amides is 2. The fourth-order valence-corrected chi connectivity index (χ4v) is 5.74. The molecule has 1 atom stereocenters. The van der Waals surface area contributed by atoms with E-state index < -0.39 is 34.1 Å². The molecular weight excluding hydrogens is 534 g/mol. The van der Waals surface area contributed by atoms with Gasteiger partial charge in [0, 0.05) is 17.1 Å². The molecule has 3 aromatic carbocycles. The average Bonchev–Trinajstić information content (AvgIpc) is 2.86. The van der Waals surface area contributed by atoms with Crippen molar-refractivity contribution in [3.63, 3.8) is 0 Å². The Bertz CT molecular complexity index is 1390. The van der Waals surface area contributed by atoms with E-state index in [0.717, 1.165) is 15.4 Å². The van der Waals surface area contributed by atoms with Crippen molar-refractivity contribution in [3.8, 4) is 0 Å². The van der Waals surface area contributed by atoms with Crippen molar-refractivity contribution >= 4 is 39.1 Å². The van der Waals surface area contributed by atoms with Gasteiger partial charge in [0.2, 0.25) is 11.8 Å². The lowest BCUT2D eigenvalue weighted by Crippen LogP contribution is -2.55. The lowest BCUT2D eigenvalue weighted by Gasteiger charge is -2.34. The Morgan fingerprint density at radius 1 is 0.949 bits per heavy atom. The molecule has 0 saturated carbocycles. The molecule has 3 rings (SSSR count). The van der Waals surface area contributed by atoms with Gasteiger partial charge in [0.25, 0.3) is 10.0 Å². The summed E-state index contributed by atoms with van der Waals surface area (Å²) in [6, 6.07) is 21.3. The van der Waals surface area contributed by atoms with E-state index in [-0.39, 0.29) is 23.0 Å². The number of hydrogen-bond donors (Lipinski definition) is 1. The van der Waals surface area contributed by atoms with Crippen LogP contribution in [0.4, 0.5) is 5.69 Å². The minimum Gasteiger partial charge on any atom is -0.350 e. The Morgan fingerprint density at radius 3 is 2.15 bits per heavy atom. The second-order valence-corrected chi connectivity index (χ2v) is 12.8. The van der Waals surface area contributed by atoms with E-state index in [4.69, 9.17) is 11.6 Å². The topological polar surface area (TPSA) is 86.8 Å². The molecular formula is C30H36ClN3O4S. The van der Waals surface area contributed by atoms with Gasteiger partial charge < -0.3 is 10.2 Å². The van der Waals surface area contributed by atoms with Crippen molar-refractivity contribution in [1.82, 2.24) is 10.2 Å². The van der Waals surface area contributed by atoms with Gasteiger partial charge in [-0.05, 0) is 70.0 Å². The zero-order chi connectivity index (χ0) is 28.8. The summed E-state index contributed by atoms with van der Waals surface area (Å²) in [4.78, 5) is 28.9. The van der Waals surface area contributed by atoms with Crippen LogP contribution >= 0.6 is 11.6 Å². The third kappa shape index (κ3) is 8.07. The number of halogens is 1. The number of aryl methyl sites for hydroxylation is 1. The monoisotopic (exact) mass is 569 g/mol. The van der Waals surface area contributed by atoms with Crippen LogP contribution in [0, 0.1) is 6.92 Å². The van der Waals surface area contributed by atoms with E-state index in [1.54, 1.807) is 30.3 Å². The van der Waals surface area contributed by atoms with Crippen LogP contribution in [0.1, 0.15) is 45.2 Å². The summed E-state index contributed by atoms with van der Waals surface area (Å²) in [6.07, 6.45) is 0.350. The number of rotatable bonds is 10. The Balaban J connectivity index is 2.06. The van der Waals surface area contributed by atoms with Crippen molar-refractivity contribution in [1.29, 1.82) is 0 Å². The molecule has 0 aromatic heterocycles. The van der Waals surface area contributed by atoms with Crippen LogP contribution in [0.5, 0.6) is 0 Å². The highest BCUT2D eigenvalue weighted by molar-refractivity contribution is 7.92. The van der Waals surface area contributed by atoms with Gasteiger partial charge >= 0.3 is 0 Å². The molecule has 0 spiro atoms. The molecule has 3 aromatic rings. The molecule has 0 fully saturated rings. The minimum atomic E-state index is -4.14. The minimum absolute atomic E-state index is 0.0491. The Morgan fingerprint density at radius 2 is 1.59 bits per heavy atom. The first kappa shape index (κ1) is 30.2. The predicted molar refractivity (Wildman–Crippen MR) is 156 cm³/mol.